The molecule has 2 heterocycles. The van der Waals surface area contributed by atoms with Gasteiger partial charge < -0.3 is 9.64 Å². The Bertz CT molecular complexity index is 466. The first-order valence-corrected chi connectivity index (χ1v) is 7.95. The van der Waals surface area contributed by atoms with Crippen molar-refractivity contribution in [3.63, 3.8) is 0 Å². The van der Waals surface area contributed by atoms with Crippen molar-refractivity contribution < 1.29 is 9.53 Å². The lowest BCUT2D eigenvalue weighted by atomic mass is 9.73. The first-order valence-electron chi connectivity index (χ1n) is 7.95. The number of methoxy groups -OCH3 is 1. The van der Waals surface area contributed by atoms with Gasteiger partial charge >= 0.3 is 0 Å². The Morgan fingerprint density at radius 3 is 2.50 bits per heavy atom. The van der Waals surface area contributed by atoms with Crippen LogP contribution in [0.4, 0.5) is 0 Å². The zero-order valence-corrected chi connectivity index (χ0v) is 12.7. The Balaban J connectivity index is 2.02. The van der Waals surface area contributed by atoms with Gasteiger partial charge in [-0.15, -0.1) is 0 Å². The second kappa shape index (κ2) is 5.36. The lowest BCUT2D eigenvalue weighted by Gasteiger charge is -2.50. The van der Waals surface area contributed by atoms with E-state index in [1.54, 1.807) is 7.11 Å². The van der Waals surface area contributed by atoms with E-state index in [9.17, 15) is 4.79 Å². The molecule has 2 unspecified atom stereocenters. The molecule has 0 radical (unpaired) electrons. The first-order chi connectivity index (χ1) is 9.70. The van der Waals surface area contributed by atoms with Gasteiger partial charge in [-0.1, -0.05) is 31.8 Å². The molecule has 2 bridgehead atoms. The van der Waals surface area contributed by atoms with E-state index in [0.717, 1.165) is 12.8 Å². The van der Waals surface area contributed by atoms with E-state index in [1.807, 2.05) is 11.9 Å². The van der Waals surface area contributed by atoms with Gasteiger partial charge in [0.15, 0.2) is 5.72 Å². The van der Waals surface area contributed by atoms with Crippen LogP contribution >= 0.6 is 0 Å². The summed E-state index contributed by atoms with van der Waals surface area (Å²) in [6, 6.07) is 0. The van der Waals surface area contributed by atoms with Gasteiger partial charge in [0.25, 0.3) is 0 Å². The molecule has 4 aliphatic rings. The monoisotopic (exact) mass is 275 g/mol. The fourth-order valence-corrected chi connectivity index (χ4v) is 4.08. The number of carbonyl (C=O) groups is 1. The maximum Gasteiger partial charge on any atom is 0.236 e. The summed E-state index contributed by atoms with van der Waals surface area (Å²) in [5.74, 6) is 0.177. The average Bonchev–Trinajstić information content (AvgIpc) is 2.48. The van der Waals surface area contributed by atoms with Crippen molar-refractivity contribution in [2.75, 3.05) is 14.2 Å². The molecule has 0 saturated heterocycles. The zero-order valence-electron chi connectivity index (χ0n) is 12.7. The van der Waals surface area contributed by atoms with Gasteiger partial charge in [-0.25, -0.2) is 0 Å². The number of ether oxygens (including phenoxy) is 1. The molecular weight excluding hydrogens is 250 g/mol. The Morgan fingerprint density at radius 1 is 1.15 bits per heavy atom. The summed E-state index contributed by atoms with van der Waals surface area (Å²) >= 11 is 0. The summed E-state index contributed by atoms with van der Waals surface area (Å²) in [6.45, 7) is 0. The summed E-state index contributed by atoms with van der Waals surface area (Å²) in [7, 11) is 3.61. The fourth-order valence-electron chi connectivity index (χ4n) is 4.08. The molecule has 0 N–H and O–H groups in total. The molecular formula is C17H25NO2. The van der Waals surface area contributed by atoms with Crippen LogP contribution in [0.1, 0.15) is 51.4 Å². The molecule has 3 nitrogen and oxygen atoms in total. The number of amides is 1. The van der Waals surface area contributed by atoms with Crippen LogP contribution < -0.4 is 0 Å². The zero-order chi connectivity index (χ0) is 14.2. The van der Waals surface area contributed by atoms with E-state index in [4.69, 9.17) is 4.74 Å². The molecule has 2 atom stereocenters. The van der Waals surface area contributed by atoms with Gasteiger partial charge in [0.05, 0.1) is 5.92 Å². The van der Waals surface area contributed by atoms with Gasteiger partial charge in [-0.05, 0) is 42.9 Å². The lowest BCUT2D eigenvalue weighted by Crippen LogP contribution is -2.59. The highest BCUT2D eigenvalue weighted by Crippen LogP contribution is 2.46. The highest BCUT2D eigenvalue weighted by atomic mass is 16.5. The van der Waals surface area contributed by atoms with Crippen LogP contribution in [0.25, 0.3) is 0 Å². The maximum absolute atomic E-state index is 12.5. The topological polar surface area (TPSA) is 29.5 Å². The van der Waals surface area contributed by atoms with Crippen LogP contribution in [-0.4, -0.2) is 30.7 Å². The number of likely N-dealkylation sites (N-methyl/N-ethyl adjacent to an activating group) is 1. The van der Waals surface area contributed by atoms with Crippen LogP contribution in [0.15, 0.2) is 23.3 Å². The summed E-state index contributed by atoms with van der Waals surface area (Å²) in [5.41, 5.74) is 2.14. The minimum Gasteiger partial charge on any atom is -0.351 e. The SMILES string of the molecule is COC12C=CC(C(=O)N1C)C1=C2CCCCCCCC1. The molecule has 0 aromatic heterocycles. The third kappa shape index (κ3) is 1.95. The van der Waals surface area contributed by atoms with Crippen LogP contribution in [0.5, 0.6) is 0 Å². The van der Waals surface area contributed by atoms with Crippen LogP contribution in [0.3, 0.4) is 0 Å². The predicted octanol–water partition coefficient (Wildman–Crippen LogP) is 3.42. The molecule has 0 saturated carbocycles. The molecule has 4 rings (SSSR count). The van der Waals surface area contributed by atoms with Crippen molar-refractivity contribution >= 4 is 5.91 Å². The summed E-state index contributed by atoms with van der Waals surface area (Å²) in [4.78, 5) is 14.3. The molecule has 0 fully saturated rings. The Morgan fingerprint density at radius 2 is 1.80 bits per heavy atom. The standard InChI is InChI=1S/C17H25NO2/c1-18-16(19)14-11-12-17(18,20-2)15-10-8-6-4-3-5-7-9-13(14)15/h11-12,14H,3-10H2,1-2H3. The van der Waals surface area contributed by atoms with Crippen molar-refractivity contribution in [3.8, 4) is 0 Å². The van der Waals surface area contributed by atoms with E-state index in [-0.39, 0.29) is 11.8 Å². The van der Waals surface area contributed by atoms with Gasteiger partial charge in [0.1, 0.15) is 0 Å². The van der Waals surface area contributed by atoms with Gasteiger partial charge in [0, 0.05) is 14.2 Å². The number of rotatable bonds is 1. The van der Waals surface area contributed by atoms with Crippen LogP contribution in [-0.2, 0) is 9.53 Å². The lowest BCUT2D eigenvalue weighted by molar-refractivity contribution is -0.154. The van der Waals surface area contributed by atoms with Crippen molar-refractivity contribution in [3.05, 3.63) is 23.3 Å². The predicted molar refractivity (Wildman–Crippen MR) is 79.1 cm³/mol. The summed E-state index contributed by atoms with van der Waals surface area (Å²) in [5, 5.41) is 0. The van der Waals surface area contributed by atoms with E-state index < -0.39 is 5.72 Å². The molecule has 2 aliphatic heterocycles. The largest absolute Gasteiger partial charge is 0.351 e. The van der Waals surface area contributed by atoms with Crippen molar-refractivity contribution in [2.24, 2.45) is 5.92 Å². The first kappa shape index (κ1) is 13.9. The normalized spacial score (nSPS) is 34.4. The number of hydrogen-bond donors (Lipinski definition) is 0. The van der Waals surface area contributed by atoms with Crippen molar-refractivity contribution in [2.45, 2.75) is 57.1 Å². The second-order valence-electron chi connectivity index (χ2n) is 6.26. The van der Waals surface area contributed by atoms with E-state index in [0.29, 0.717) is 0 Å². The molecule has 3 heteroatoms. The molecule has 110 valence electrons. The van der Waals surface area contributed by atoms with E-state index in [1.165, 1.54) is 49.7 Å². The quantitative estimate of drug-likeness (QED) is 0.686. The van der Waals surface area contributed by atoms with Gasteiger partial charge in [-0.2, -0.15) is 0 Å². The highest BCUT2D eigenvalue weighted by Gasteiger charge is 2.50. The Labute approximate surface area is 121 Å². The molecule has 0 spiro atoms. The van der Waals surface area contributed by atoms with E-state index >= 15 is 0 Å². The van der Waals surface area contributed by atoms with Crippen LogP contribution in [0, 0.1) is 5.92 Å². The smallest absolute Gasteiger partial charge is 0.236 e. The van der Waals surface area contributed by atoms with Crippen molar-refractivity contribution in [1.82, 2.24) is 4.90 Å². The Kier molecular flexibility index (Phi) is 3.72. The third-order valence-corrected chi connectivity index (χ3v) is 5.24. The molecule has 20 heavy (non-hydrogen) atoms. The summed E-state index contributed by atoms with van der Waals surface area (Å²) < 4.78 is 5.85. The van der Waals surface area contributed by atoms with Gasteiger partial charge in [-0.3, -0.25) is 4.79 Å². The maximum atomic E-state index is 12.5. The fraction of sp³-hybridized carbons (Fsp3) is 0.706. The minimum absolute atomic E-state index is 0.0218. The molecule has 2 aliphatic carbocycles. The molecule has 0 aromatic carbocycles. The molecule has 1 amide bonds. The average molecular weight is 275 g/mol. The Hall–Kier alpha value is -1.09. The third-order valence-electron chi connectivity index (χ3n) is 5.24. The second-order valence-corrected chi connectivity index (χ2v) is 6.26. The highest BCUT2D eigenvalue weighted by molar-refractivity contribution is 5.88. The number of carbonyl (C=O) groups excluding carboxylic acids is 1. The van der Waals surface area contributed by atoms with Crippen molar-refractivity contribution in [1.29, 1.82) is 0 Å². The summed E-state index contributed by atoms with van der Waals surface area (Å²) in [6.07, 6.45) is 14.0. The number of nitrogens with zero attached hydrogens (tertiary/aromatic N) is 1. The molecule has 0 aromatic rings. The number of hydrogen-bond acceptors (Lipinski definition) is 2. The van der Waals surface area contributed by atoms with Crippen LogP contribution in [0.2, 0.25) is 0 Å². The number of fused-ring (bicyclic) bond motifs is 1. The minimum atomic E-state index is -0.597. The van der Waals surface area contributed by atoms with Gasteiger partial charge in [0.2, 0.25) is 5.91 Å². The van der Waals surface area contributed by atoms with E-state index in [2.05, 4.69) is 12.2 Å².